The fraction of sp³-hybridized carbons (Fsp3) is 0.333. The number of rotatable bonds is 1. The SMILES string of the molecule is N#Cc1ccccc1NC(=O)N1CCCC1. The van der Waals surface area contributed by atoms with Crippen LogP contribution in [0.4, 0.5) is 10.5 Å². The number of likely N-dealkylation sites (tertiary alicyclic amines) is 1. The number of nitrogens with zero attached hydrogens (tertiary/aromatic N) is 2. The van der Waals surface area contributed by atoms with Crippen LogP contribution in [0, 0.1) is 11.3 Å². The summed E-state index contributed by atoms with van der Waals surface area (Å²) < 4.78 is 0. The van der Waals surface area contributed by atoms with Gasteiger partial charge in [-0.05, 0) is 25.0 Å². The Balaban J connectivity index is 2.08. The third kappa shape index (κ3) is 2.14. The highest BCUT2D eigenvalue weighted by Crippen LogP contribution is 2.15. The molecule has 0 aliphatic carbocycles. The first-order valence-corrected chi connectivity index (χ1v) is 5.36. The standard InChI is InChI=1S/C12H13N3O/c13-9-10-5-1-2-6-11(10)14-12(16)15-7-3-4-8-15/h1-2,5-6H,3-4,7-8H2,(H,14,16). The lowest BCUT2D eigenvalue weighted by Crippen LogP contribution is -2.32. The van der Waals surface area contributed by atoms with E-state index in [1.807, 2.05) is 0 Å². The number of hydrogen-bond acceptors (Lipinski definition) is 2. The quantitative estimate of drug-likeness (QED) is 0.780. The van der Waals surface area contributed by atoms with Gasteiger partial charge in [-0.2, -0.15) is 5.26 Å². The summed E-state index contributed by atoms with van der Waals surface area (Å²) in [6, 6.07) is 8.97. The fourth-order valence-electron chi connectivity index (χ4n) is 1.80. The summed E-state index contributed by atoms with van der Waals surface area (Å²) in [6.45, 7) is 1.61. The van der Waals surface area contributed by atoms with Crippen LogP contribution in [0.3, 0.4) is 0 Å². The number of urea groups is 1. The van der Waals surface area contributed by atoms with Crippen molar-refractivity contribution in [1.82, 2.24) is 4.90 Å². The van der Waals surface area contributed by atoms with E-state index in [2.05, 4.69) is 11.4 Å². The third-order valence-corrected chi connectivity index (χ3v) is 2.68. The van der Waals surface area contributed by atoms with Crippen molar-refractivity contribution in [3.63, 3.8) is 0 Å². The molecule has 2 amide bonds. The number of amides is 2. The second kappa shape index (κ2) is 4.67. The number of nitrogens with one attached hydrogen (secondary N) is 1. The van der Waals surface area contributed by atoms with Crippen LogP contribution in [0.25, 0.3) is 0 Å². The lowest BCUT2D eigenvalue weighted by atomic mass is 10.2. The van der Waals surface area contributed by atoms with Gasteiger partial charge >= 0.3 is 6.03 Å². The third-order valence-electron chi connectivity index (χ3n) is 2.68. The number of benzene rings is 1. The molecule has 4 heteroatoms. The number of carbonyl (C=O) groups excluding carboxylic acids is 1. The van der Waals surface area contributed by atoms with E-state index in [0.717, 1.165) is 25.9 Å². The lowest BCUT2D eigenvalue weighted by molar-refractivity contribution is 0.222. The minimum absolute atomic E-state index is 0.111. The van der Waals surface area contributed by atoms with Crippen molar-refractivity contribution >= 4 is 11.7 Å². The number of anilines is 1. The Morgan fingerprint density at radius 2 is 2.00 bits per heavy atom. The summed E-state index contributed by atoms with van der Waals surface area (Å²) in [5.74, 6) is 0. The van der Waals surface area contributed by atoms with Gasteiger partial charge in [-0.25, -0.2) is 4.79 Å². The van der Waals surface area contributed by atoms with Crippen molar-refractivity contribution in [2.75, 3.05) is 18.4 Å². The zero-order valence-corrected chi connectivity index (χ0v) is 8.94. The molecule has 1 fully saturated rings. The maximum Gasteiger partial charge on any atom is 0.321 e. The number of nitriles is 1. The molecule has 2 rings (SSSR count). The average molecular weight is 215 g/mol. The molecule has 16 heavy (non-hydrogen) atoms. The maximum atomic E-state index is 11.8. The van der Waals surface area contributed by atoms with Crippen LogP contribution in [0.1, 0.15) is 18.4 Å². The molecule has 0 unspecified atom stereocenters. The maximum absolute atomic E-state index is 11.8. The largest absolute Gasteiger partial charge is 0.325 e. The zero-order valence-electron chi connectivity index (χ0n) is 8.94. The Morgan fingerprint density at radius 3 is 2.69 bits per heavy atom. The second-order valence-electron chi connectivity index (χ2n) is 3.78. The normalized spacial score (nSPS) is 14.6. The van der Waals surface area contributed by atoms with Gasteiger partial charge in [0.2, 0.25) is 0 Å². The van der Waals surface area contributed by atoms with Crippen LogP contribution in [0.5, 0.6) is 0 Å². The van der Waals surface area contributed by atoms with E-state index >= 15 is 0 Å². The van der Waals surface area contributed by atoms with Gasteiger partial charge in [0.25, 0.3) is 0 Å². The predicted molar refractivity (Wildman–Crippen MR) is 61.0 cm³/mol. The Hall–Kier alpha value is -2.02. The molecule has 82 valence electrons. The van der Waals surface area contributed by atoms with Crippen LogP contribution in [-0.2, 0) is 0 Å². The Kier molecular flexibility index (Phi) is 3.06. The van der Waals surface area contributed by atoms with Gasteiger partial charge in [0.1, 0.15) is 6.07 Å². The molecular formula is C12H13N3O. The van der Waals surface area contributed by atoms with Gasteiger partial charge in [-0.15, -0.1) is 0 Å². The summed E-state index contributed by atoms with van der Waals surface area (Å²) >= 11 is 0. The highest BCUT2D eigenvalue weighted by atomic mass is 16.2. The van der Waals surface area contributed by atoms with Crippen LogP contribution < -0.4 is 5.32 Å². The molecule has 1 aliphatic heterocycles. The first-order chi connectivity index (χ1) is 7.81. The van der Waals surface area contributed by atoms with E-state index in [0.29, 0.717) is 11.3 Å². The van der Waals surface area contributed by atoms with Crippen LogP contribution in [-0.4, -0.2) is 24.0 Å². The van der Waals surface area contributed by atoms with E-state index in [1.165, 1.54) is 0 Å². The van der Waals surface area contributed by atoms with Crippen molar-refractivity contribution in [3.8, 4) is 6.07 Å². The molecule has 0 radical (unpaired) electrons. The van der Waals surface area contributed by atoms with Crippen LogP contribution in [0.2, 0.25) is 0 Å². The Bertz CT molecular complexity index is 430. The molecule has 0 saturated carbocycles. The number of para-hydroxylation sites is 1. The second-order valence-corrected chi connectivity index (χ2v) is 3.78. The summed E-state index contributed by atoms with van der Waals surface area (Å²) in [5.41, 5.74) is 1.08. The highest BCUT2D eigenvalue weighted by Gasteiger charge is 2.18. The van der Waals surface area contributed by atoms with Crippen LogP contribution in [0.15, 0.2) is 24.3 Å². The summed E-state index contributed by atoms with van der Waals surface area (Å²) in [6.07, 6.45) is 2.13. The first-order valence-electron chi connectivity index (χ1n) is 5.36. The van der Waals surface area contributed by atoms with Crippen molar-refractivity contribution in [2.24, 2.45) is 0 Å². The summed E-state index contributed by atoms with van der Waals surface area (Å²) in [7, 11) is 0. The van der Waals surface area contributed by atoms with E-state index in [-0.39, 0.29) is 6.03 Å². The minimum atomic E-state index is -0.111. The van der Waals surface area contributed by atoms with E-state index in [4.69, 9.17) is 5.26 Å². The Labute approximate surface area is 94.5 Å². The molecule has 4 nitrogen and oxygen atoms in total. The topological polar surface area (TPSA) is 56.1 Å². The molecule has 1 aliphatic rings. The first kappa shape index (κ1) is 10.5. The van der Waals surface area contributed by atoms with E-state index in [1.54, 1.807) is 29.2 Å². The van der Waals surface area contributed by atoms with Gasteiger partial charge in [0, 0.05) is 13.1 Å². The molecule has 0 bridgehead atoms. The summed E-state index contributed by atoms with van der Waals surface area (Å²) in [5, 5.41) is 11.6. The molecule has 1 aromatic rings. The zero-order chi connectivity index (χ0) is 11.4. The number of carbonyl (C=O) groups is 1. The summed E-state index contributed by atoms with van der Waals surface area (Å²) in [4.78, 5) is 13.6. The van der Waals surface area contributed by atoms with Crippen molar-refractivity contribution in [3.05, 3.63) is 29.8 Å². The molecule has 0 atom stereocenters. The van der Waals surface area contributed by atoms with Gasteiger partial charge < -0.3 is 10.2 Å². The lowest BCUT2D eigenvalue weighted by Gasteiger charge is -2.16. The molecule has 1 saturated heterocycles. The monoisotopic (exact) mass is 215 g/mol. The molecule has 0 spiro atoms. The fourth-order valence-corrected chi connectivity index (χ4v) is 1.80. The number of hydrogen-bond donors (Lipinski definition) is 1. The van der Waals surface area contributed by atoms with Crippen molar-refractivity contribution < 1.29 is 4.79 Å². The van der Waals surface area contributed by atoms with E-state index in [9.17, 15) is 4.79 Å². The molecular weight excluding hydrogens is 202 g/mol. The smallest absolute Gasteiger partial charge is 0.321 e. The molecule has 0 aromatic heterocycles. The molecule has 1 N–H and O–H groups in total. The molecule has 1 aromatic carbocycles. The van der Waals surface area contributed by atoms with Gasteiger partial charge in [-0.1, -0.05) is 12.1 Å². The minimum Gasteiger partial charge on any atom is -0.325 e. The van der Waals surface area contributed by atoms with E-state index < -0.39 is 0 Å². The van der Waals surface area contributed by atoms with Crippen molar-refractivity contribution in [2.45, 2.75) is 12.8 Å². The van der Waals surface area contributed by atoms with Gasteiger partial charge in [-0.3, -0.25) is 0 Å². The van der Waals surface area contributed by atoms with Crippen molar-refractivity contribution in [1.29, 1.82) is 5.26 Å². The van der Waals surface area contributed by atoms with Crippen LogP contribution >= 0.6 is 0 Å². The highest BCUT2D eigenvalue weighted by molar-refractivity contribution is 5.90. The average Bonchev–Trinajstić information content (AvgIpc) is 2.83. The molecule has 1 heterocycles. The predicted octanol–water partition coefficient (Wildman–Crippen LogP) is 2.19. The van der Waals surface area contributed by atoms with Gasteiger partial charge in [0.15, 0.2) is 0 Å². The Morgan fingerprint density at radius 1 is 1.31 bits per heavy atom. The van der Waals surface area contributed by atoms with Gasteiger partial charge in [0.05, 0.1) is 11.3 Å².